The number of carbonyl (C=O) groups excluding carboxylic acids is 1. The van der Waals surface area contributed by atoms with Gasteiger partial charge in [-0.25, -0.2) is 8.78 Å². The van der Waals surface area contributed by atoms with Crippen LogP contribution in [0.3, 0.4) is 0 Å². The van der Waals surface area contributed by atoms with Crippen LogP contribution in [0.4, 0.5) is 8.78 Å². The zero-order valence-electron chi connectivity index (χ0n) is 11.0. The van der Waals surface area contributed by atoms with Crippen LogP contribution in [0.1, 0.15) is 28.4 Å². The second-order valence-electron chi connectivity index (χ2n) is 5.04. The highest BCUT2D eigenvalue weighted by Crippen LogP contribution is 2.35. The average molecular weight is 309 g/mol. The number of aliphatic hydroxyl groups is 1. The maximum Gasteiger partial charge on any atom is 0.255 e. The lowest BCUT2D eigenvalue weighted by atomic mass is 10.0. The summed E-state index contributed by atoms with van der Waals surface area (Å²) < 4.78 is 27.3. The van der Waals surface area contributed by atoms with E-state index in [0.29, 0.717) is 5.56 Å². The largest absolute Gasteiger partial charge is 0.391 e. The van der Waals surface area contributed by atoms with Gasteiger partial charge in [0.05, 0.1) is 17.7 Å². The summed E-state index contributed by atoms with van der Waals surface area (Å²) in [7, 11) is 0. The molecule has 110 valence electrons. The predicted molar refractivity (Wildman–Crippen MR) is 75.1 cm³/mol. The maximum atomic E-state index is 13.9. The Balaban J connectivity index is 1.96. The van der Waals surface area contributed by atoms with Crippen LogP contribution >= 0.6 is 11.3 Å². The SMILES string of the molecule is O=C(c1ccsc1)N1C[C@H](O)C[C@@H]1c1cc(F)ccc1F. The summed E-state index contributed by atoms with van der Waals surface area (Å²) in [5.41, 5.74) is 0.603. The number of likely N-dealkylation sites (tertiary alicyclic amines) is 1. The zero-order valence-corrected chi connectivity index (χ0v) is 11.8. The minimum atomic E-state index is -0.736. The number of aliphatic hydroxyl groups excluding tert-OH is 1. The molecule has 2 aromatic rings. The summed E-state index contributed by atoms with van der Waals surface area (Å²) in [4.78, 5) is 13.8. The zero-order chi connectivity index (χ0) is 15.0. The topological polar surface area (TPSA) is 40.5 Å². The summed E-state index contributed by atoms with van der Waals surface area (Å²) >= 11 is 1.39. The number of β-amino-alcohol motifs (C(OH)–C–C–N with tert-alkyl or cyclic N) is 1. The summed E-state index contributed by atoms with van der Waals surface area (Å²) in [6, 6.07) is 4.20. The number of hydrogen-bond acceptors (Lipinski definition) is 3. The second kappa shape index (κ2) is 5.54. The van der Waals surface area contributed by atoms with Crippen molar-refractivity contribution in [3.05, 3.63) is 57.8 Å². The summed E-state index contributed by atoms with van der Waals surface area (Å²) in [5.74, 6) is -1.41. The van der Waals surface area contributed by atoms with Crippen LogP contribution in [0.15, 0.2) is 35.0 Å². The minimum absolute atomic E-state index is 0.107. The molecule has 1 saturated heterocycles. The number of thiophene rings is 1. The van der Waals surface area contributed by atoms with Crippen LogP contribution in [-0.4, -0.2) is 28.6 Å². The van der Waals surface area contributed by atoms with E-state index in [-0.39, 0.29) is 24.4 Å². The molecule has 21 heavy (non-hydrogen) atoms. The Morgan fingerprint density at radius 2 is 2.14 bits per heavy atom. The van der Waals surface area contributed by atoms with E-state index in [2.05, 4.69) is 0 Å². The van der Waals surface area contributed by atoms with Gasteiger partial charge in [0, 0.05) is 17.5 Å². The Labute approximate surface area is 124 Å². The van der Waals surface area contributed by atoms with Crippen molar-refractivity contribution in [2.24, 2.45) is 0 Å². The Kier molecular flexibility index (Phi) is 3.73. The van der Waals surface area contributed by atoms with Crippen molar-refractivity contribution in [1.29, 1.82) is 0 Å². The van der Waals surface area contributed by atoms with Crippen LogP contribution in [0.5, 0.6) is 0 Å². The smallest absolute Gasteiger partial charge is 0.255 e. The number of amides is 1. The standard InChI is InChI=1S/C15H13F2NO2S/c16-10-1-2-13(17)12(5-10)14-6-11(19)7-18(14)15(20)9-3-4-21-8-9/h1-5,8,11,14,19H,6-7H2/t11-,14-/m1/s1. The molecular formula is C15H13F2NO2S. The van der Waals surface area contributed by atoms with Crippen molar-refractivity contribution in [3.8, 4) is 0 Å². The summed E-state index contributed by atoms with van der Waals surface area (Å²) in [6.45, 7) is 0.120. The first-order valence-electron chi connectivity index (χ1n) is 6.52. The van der Waals surface area contributed by atoms with Gasteiger partial charge < -0.3 is 10.0 Å². The van der Waals surface area contributed by atoms with Crippen molar-refractivity contribution < 1.29 is 18.7 Å². The maximum absolute atomic E-state index is 13.9. The van der Waals surface area contributed by atoms with Gasteiger partial charge in [-0.15, -0.1) is 0 Å². The highest BCUT2D eigenvalue weighted by molar-refractivity contribution is 7.08. The average Bonchev–Trinajstić information content (AvgIpc) is 3.10. The van der Waals surface area contributed by atoms with Gasteiger partial charge in [-0.2, -0.15) is 11.3 Å². The Bertz CT molecular complexity index is 660. The highest BCUT2D eigenvalue weighted by Gasteiger charge is 2.37. The van der Waals surface area contributed by atoms with E-state index >= 15 is 0 Å². The lowest BCUT2D eigenvalue weighted by molar-refractivity contribution is 0.0714. The summed E-state index contributed by atoms with van der Waals surface area (Å²) in [6.07, 6.45) is -0.531. The molecular weight excluding hydrogens is 296 g/mol. The molecule has 0 aliphatic carbocycles. The van der Waals surface area contributed by atoms with Gasteiger partial charge in [0.15, 0.2) is 0 Å². The molecule has 1 amide bonds. The monoisotopic (exact) mass is 309 g/mol. The molecule has 1 N–H and O–H groups in total. The molecule has 0 spiro atoms. The van der Waals surface area contributed by atoms with Gasteiger partial charge >= 0.3 is 0 Å². The minimum Gasteiger partial charge on any atom is -0.391 e. The number of carbonyl (C=O) groups is 1. The van der Waals surface area contributed by atoms with Crippen molar-refractivity contribution in [2.45, 2.75) is 18.6 Å². The Morgan fingerprint density at radius 3 is 2.86 bits per heavy atom. The van der Waals surface area contributed by atoms with Crippen molar-refractivity contribution in [1.82, 2.24) is 4.90 Å². The lowest BCUT2D eigenvalue weighted by Gasteiger charge is -2.24. The molecule has 3 nitrogen and oxygen atoms in total. The highest BCUT2D eigenvalue weighted by atomic mass is 32.1. The number of nitrogens with zero attached hydrogens (tertiary/aromatic N) is 1. The third-order valence-corrected chi connectivity index (χ3v) is 4.31. The molecule has 1 aromatic carbocycles. The first-order chi connectivity index (χ1) is 10.1. The van der Waals surface area contributed by atoms with Gasteiger partial charge in [-0.3, -0.25) is 4.79 Å². The fourth-order valence-electron chi connectivity index (χ4n) is 2.66. The van der Waals surface area contributed by atoms with Gasteiger partial charge in [0.1, 0.15) is 11.6 Å². The normalized spacial score (nSPS) is 21.8. The molecule has 1 fully saturated rings. The van der Waals surface area contributed by atoms with E-state index in [1.165, 1.54) is 16.2 Å². The molecule has 3 rings (SSSR count). The van der Waals surface area contributed by atoms with Gasteiger partial charge in [-0.1, -0.05) is 0 Å². The number of rotatable bonds is 2. The van der Waals surface area contributed by atoms with E-state index in [9.17, 15) is 18.7 Å². The van der Waals surface area contributed by atoms with Gasteiger partial charge in [-0.05, 0) is 36.1 Å². The van der Waals surface area contributed by atoms with Crippen molar-refractivity contribution in [3.63, 3.8) is 0 Å². The molecule has 1 aromatic heterocycles. The van der Waals surface area contributed by atoms with Gasteiger partial charge in [0.2, 0.25) is 0 Å². The van der Waals surface area contributed by atoms with Crippen molar-refractivity contribution >= 4 is 17.2 Å². The quantitative estimate of drug-likeness (QED) is 0.926. The van der Waals surface area contributed by atoms with Crippen LogP contribution < -0.4 is 0 Å². The molecule has 2 atom stereocenters. The Hall–Kier alpha value is -1.79. The van der Waals surface area contributed by atoms with E-state index in [0.717, 1.165) is 18.2 Å². The van der Waals surface area contributed by atoms with E-state index in [1.54, 1.807) is 16.8 Å². The van der Waals surface area contributed by atoms with Crippen molar-refractivity contribution in [2.75, 3.05) is 6.54 Å². The molecule has 0 saturated carbocycles. The molecule has 0 unspecified atom stereocenters. The number of benzene rings is 1. The molecule has 6 heteroatoms. The summed E-state index contributed by atoms with van der Waals surface area (Å²) in [5, 5.41) is 13.3. The fraction of sp³-hybridized carbons (Fsp3) is 0.267. The Morgan fingerprint density at radius 1 is 1.33 bits per heavy atom. The lowest BCUT2D eigenvalue weighted by Crippen LogP contribution is -2.31. The van der Waals surface area contributed by atoms with Gasteiger partial charge in [0.25, 0.3) is 5.91 Å². The fourth-order valence-corrected chi connectivity index (χ4v) is 3.28. The first kappa shape index (κ1) is 14.2. The third-order valence-electron chi connectivity index (χ3n) is 3.63. The van der Waals surface area contributed by atoms with E-state index in [1.807, 2.05) is 0 Å². The van der Waals surface area contributed by atoms with Crippen LogP contribution in [-0.2, 0) is 0 Å². The molecule has 1 aliphatic heterocycles. The predicted octanol–water partition coefficient (Wildman–Crippen LogP) is 2.97. The number of hydrogen-bond donors (Lipinski definition) is 1. The molecule has 2 heterocycles. The molecule has 0 bridgehead atoms. The van der Waals surface area contributed by atoms with Crippen LogP contribution in [0.2, 0.25) is 0 Å². The van der Waals surface area contributed by atoms with Crippen LogP contribution in [0.25, 0.3) is 0 Å². The number of halogens is 2. The van der Waals surface area contributed by atoms with E-state index in [4.69, 9.17) is 0 Å². The molecule has 0 radical (unpaired) electrons. The van der Waals surface area contributed by atoms with E-state index < -0.39 is 23.8 Å². The van der Waals surface area contributed by atoms with Crippen LogP contribution in [0, 0.1) is 11.6 Å². The second-order valence-corrected chi connectivity index (χ2v) is 5.82. The molecule has 1 aliphatic rings. The third kappa shape index (κ3) is 2.69. The first-order valence-corrected chi connectivity index (χ1v) is 7.46.